The summed E-state index contributed by atoms with van der Waals surface area (Å²) in [4.78, 5) is 22.3. The Hall–Kier alpha value is -4.26. The predicted octanol–water partition coefficient (Wildman–Crippen LogP) is 19.2. The summed E-state index contributed by atoms with van der Waals surface area (Å²) in [6, 6.07) is 27.8. The van der Waals surface area contributed by atoms with Gasteiger partial charge in [-0.05, 0) is 135 Å². The topological polar surface area (TPSA) is 66.0 Å². The fourth-order valence-corrected chi connectivity index (χ4v) is 14.7. The van der Waals surface area contributed by atoms with Gasteiger partial charge in [-0.25, -0.2) is 4.79 Å². The van der Waals surface area contributed by atoms with Crippen molar-refractivity contribution in [2.75, 3.05) is 0 Å². The Balaban J connectivity index is 1.34. The summed E-state index contributed by atoms with van der Waals surface area (Å²) < 4.78 is 2.46. The van der Waals surface area contributed by atoms with Crippen molar-refractivity contribution in [3.05, 3.63) is 99.4 Å². The van der Waals surface area contributed by atoms with Gasteiger partial charge >= 0.3 is 5.97 Å². The normalized spacial score (nSPS) is 12.0. The lowest BCUT2D eigenvalue weighted by Gasteiger charge is -2.06. The Kier molecular flexibility index (Phi) is 18.6. The Morgan fingerprint density at radius 3 is 1.48 bits per heavy atom. The first-order chi connectivity index (χ1) is 32.3. The predicted molar refractivity (Wildman–Crippen MR) is 291 cm³/mol. The molecular weight excluding hydrogens is 885 g/mol. The highest BCUT2D eigenvalue weighted by molar-refractivity contribution is 7.29. The van der Waals surface area contributed by atoms with E-state index in [2.05, 4.69) is 106 Å². The molecule has 0 saturated carbocycles. The monoisotopic (exact) mass is 954 g/mol. The zero-order valence-electron chi connectivity index (χ0n) is 40.2. The zero-order chi connectivity index (χ0) is 46.4. The van der Waals surface area contributed by atoms with Crippen LogP contribution in [0.1, 0.15) is 164 Å². The first-order valence-corrected chi connectivity index (χ1v) is 28.5. The number of benzene rings is 2. The molecule has 7 rings (SSSR count). The number of carbonyl (C=O) groups is 1. The van der Waals surface area contributed by atoms with Gasteiger partial charge < -0.3 is 9.67 Å². The second-order valence-electron chi connectivity index (χ2n) is 18.1. The molecule has 0 spiro atoms. The maximum absolute atomic E-state index is 11.9. The van der Waals surface area contributed by atoms with Crippen molar-refractivity contribution in [2.45, 2.75) is 170 Å². The third-order valence-electron chi connectivity index (χ3n) is 13.1. The molecule has 0 bridgehead atoms. The van der Waals surface area contributed by atoms with Crippen LogP contribution in [0.2, 0.25) is 0 Å². The van der Waals surface area contributed by atoms with Gasteiger partial charge in [0.25, 0.3) is 0 Å². The van der Waals surface area contributed by atoms with Crippen LogP contribution in [0.25, 0.3) is 67.6 Å². The van der Waals surface area contributed by atoms with Crippen molar-refractivity contribution in [1.82, 2.24) is 4.57 Å². The van der Waals surface area contributed by atoms with Gasteiger partial charge in [-0.2, -0.15) is 5.26 Å². The highest BCUT2D eigenvalue weighted by Crippen LogP contribution is 2.50. The lowest BCUT2D eigenvalue weighted by atomic mass is 10.0. The van der Waals surface area contributed by atoms with Crippen LogP contribution in [0.4, 0.5) is 0 Å². The van der Waals surface area contributed by atoms with E-state index in [1.807, 2.05) is 40.1 Å². The van der Waals surface area contributed by atoms with E-state index >= 15 is 0 Å². The number of rotatable bonds is 27. The van der Waals surface area contributed by atoms with Crippen molar-refractivity contribution in [2.24, 2.45) is 0 Å². The molecule has 0 aliphatic heterocycles. The van der Waals surface area contributed by atoms with Gasteiger partial charge in [0.05, 0.1) is 0 Å². The first kappa shape index (κ1) is 49.6. The Bertz CT molecular complexity index is 2760. The number of nitriles is 1. The molecule has 2 aromatic carbocycles. The number of aryl methyl sites for hydroxylation is 5. The fraction of sp³-hybridized carbons (Fsp3) is 0.448. The number of hydrogen-bond acceptors (Lipinski definition) is 6. The van der Waals surface area contributed by atoms with Crippen molar-refractivity contribution >= 4 is 79.2 Å². The number of thiophene rings is 4. The molecular formula is C58H70N2O2S4. The molecule has 0 saturated heterocycles. The van der Waals surface area contributed by atoms with Gasteiger partial charge in [0.2, 0.25) is 0 Å². The van der Waals surface area contributed by atoms with E-state index < -0.39 is 5.97 Å². The van der Waals surface area contributed by atoms with E-state index in [-0.39, 0.29) is 5.57 Å². The lowest BCUT2D eigenvalue weighted by Crippen LogP contribution is -1.96. The number of nitrogens with zero attached hydrogens (tertiary/aromatic N) is 2. The summed E-state index contributed by atoms with van der Waals surface area (Å²) >= 11 is 7.59. The minimum atomic E-state index is -1.17. The quantitative estimate of drug-likeness (QED) is 0.0317. The Labute approximate surface area is 411 Å². The molecule has 348 valence electrons. The molecule has 8 heteroatoms. The maximum Gasteiger partial charge on any atom is 0.346 e. The van der Waals surface area contributed by atoms with Crippen LogP contribution < -0.4 is 0 Å². The third-order valence-corrected chi connectivity index (χ3v) is 18.4. The molecule has 0 radical (unpaired) electrons. The van der Waals surface area contributed by atoms with Gasteiger partial charge in [0, 0.05) is 67.4 Å². The molecule has 0 amide bonds. The molecule has 66 heavy (non-hydrogen) atoms. The van der Waals surface area contributed by atoms with E-state index in [1.54, 1.807) is 17.4 Å². The van der Waals surface area contributed by atoms with Gasteiger partial charge in [-0.15, -0.1) is 45.3 Å². The molecule has 0 fully saturated rings. The average Bonchev–Trinajstić information content (AvgIpc) is 4.17. The molecule has 5 heterocycles. The average molecular weight is 955 g/mol. The van der Waals surface area contributed by atoms with Crippen LogP contribution in [0.5, 0.6) is 0 Å². The fourth-order valence-electron chi connectivity index (χ4n) is 9.54. The summed E-state index contributed by atoms with van der Waals surface area (Å²) in [6.45, 7) is 12.3. The smallest absolute Gasteiger partial charge is 0.346 e. The number of carboxylic acid groups (broad SMARTS) is 1. The Morgan fingerprint density at radius 2 is 1.00 bits per heavy atom. The minimum Gasteiger partial charge on any atom is -0.477 e. The molecule has 0 unspecified atom stereocenters. The second kappa shape index (κ2) is 24.7. The number of aliphatic carboxylic acids is 1. The molecule has 0 atom stereocenters. The van der Waals surface area contributed by atoms with Crippen LogP contribution >= 0.6 is 45.3 Å². The number of fused-ring (bicyclic) bond motifs is 3. The largest absolute Gasteiger partial charge is 0.477 e. The van der Waals surface area contributed by atoms with Crippen LogP contribution in [0.3, 0.4) is 0 Å². The third kappa shape index (κ3) is 11.9. The van der Waals surface area contributed by atoms with Crippen molar-refractivity contribution in [1.29, 1.82) is 5.26 Å². The number of unbranched alkanes of at least 4 members (excludes halogenated alkanes) is 12. The van der Waals surface area contributed by atoms with E-state index in [9.17, 15) is 15.2 Å². The van der Waals surface area contributed by atoms with Crippen LogP contribution in [0.15, 0.2) is 72.3 Å². The van der Waals surface area contributed by atoms with Gasteiger partial charge in [-0.3, -0.25) is 0 Å². The highest BCUT2D eigenvalue weighted by atomic mass is 32.1. The number of para-hydroxylation sites is 1. The summed E-state index contributed by atoms with van der Waals surface area (Å²) in [5.41, 5.74) is 9.43. The van der Waals surface area contributed by atoms with E-state index in [1.165, 1.54) is 180 Å². The Morgan fingerprint density at radius 1 is 0.545 bits per heavy atom. The maximum atomic E-state index is 11.9. The van der Waals surface area contributed by atoms with E-state index in [0.717, 1.165) is 43.5 Å². The summed E-state index contributed by atoms with van der Waals surface area (Å²) in [6.07, 6.45) is 25.2. The van der Waals surface area contributed by atoms with Gasteiger partial charge in [0.1, 0.15) is 11.6 Å². The van der Waals surface area contributed by atoms with E-state index in [4.69, 9.17) is 0 Å². The summed E-state index contributed by atoms with van der Waals surface area (Å²) in [5.74, 6) is -1.17. The van der Waals surface area contributed by atoms with Crippen molar-refractivity contribution in [3.63, 3.8) is 0 Å². The molecule has 1 N–H and O–H groups in total. The standard InChI is InChI=1S/C58H70N2O2S4/c1-6-11-15-19-25-40-33-46(34-45(39-59)58(61)62)63-55(40)51-37-42(27-21-17-13-8-3)57(65-51)53-38-43(28-22-18-14-9-4)56(66-53)52-36-41(26-20-16-12-7-2)54(64-52)44-31-32-50-48(35-44)47-29-23-24-30-49(47)60(50)10-5/h23-24,29-38H,6-22,25-28H2,1-5H3,(H,61,62). The lowest BCUT2D eigenvalue weighted by molar-refractivity contribution is -0.132. The van der Waals surface area contributed by atoms with Crippen LogP contribution in [-0.4, -0.2) is 15.6 Å². The SMILES string of the molecule is CCCCCCc1cc(-c2sc(-c3sc(-c4sc(C=C(C#N)C(=O)O)cc4CCCCCC)cc3CCCCCC)cc2CCCCCC)sc1-c1ccc2c(c1)c1ccccc1n2CC. The summed E-state index contributed by atoms with van der Waals surface area (Å²) in [7, 11) is 0. The van der Waals surface area contributed by atoms with E-state index in [0.29, 0.717) is 0 Å². The molecule has 0 aliphatic carbocycles. The second-order valence-corrected chi connectivity index (χ2v) is 22.3. The van der Waals surface area contributed by atoms with Gasteiger partial charge in [0.15, 0.2) is 0 Å². The zero-order valence-corrected chi connectivity index (χ0v) is 43.4. The van der Waals surface area contributed by atoms with Crippen LogP contribution in [0, 0.1) is 11.3 Å². The van der Waals surface area contributed by atoms with Crippen LogP contribution in [-0.2, 0) is 37.0 Å². The molecule has 4 nitrogen and oxygen atoms in total. The molecule has 5 aromatic heterocycles. The number of carboxylic acids is 1. The molecule has 7 aromatic rings. The first-order valence-electron chi connectivity index (χ1n) is 25.2. The highest BCUT2D eigenvalue weighted by Gasteiger charge is 2.23. The van der Waals surface area contributed by atoms with Crippen molar-refractivity contribution < 1.29 is 9.90 Å². The van der Waals surface area contributed by atoms with Crippen molar-refractivity contribution in [3.8, 4) is 45.8 Å². The molecule has 0 aliphatic rings. The summed E-state index contributed by atoms with van der Waals surface area (Å²) in [5, 5.41) is 22.1. The number of aromatic nitrogens is 1. The number of hydrogen-bond donors (Lipinski definition) is 1. The minimum absolute atomic E-state index is 0.216. The van der Waals surface area contributed by atoms with Gasteiger partial charge in [-0.1, -0.05) is 129 Å².